The molecule has 2 saturated heterocycles. The molecule has 3 aliphatic heterocycles. The largest absolute Gasteiger partial charge is 0.512 e. The van der Waals surface area contributed by atoms with Gasteiger partial charge in [0.25, 0.3) is 0 Å². The molecule has 0 radical (unpaired) electrons. The van der Waals surface area contributed by atoms with Crippen LogP contribution in [0.3, 0.4) is 0 Å². The van der Waals surface area contributed by atoms with Gasteiger partial charge in [-0.05, 0) is 6.42 Å². The summed E-state index contributed by atoms with van der Waals surface area (Å²) in [6.07, 6.45) is -1.31. The Morgan fingerprint density at radius 3 is 2.85 bits per heavy atom. The normalized spacial score (nSPS) is 32.6. The third kappa shape index (κ3) is 1.93. The third-order valence-corrected chi connectivity index (χ3v) is 4.77. The number of carboxylic acid groups (broad SMARTS) is 1. The molecule has 1 amide bonds. The Bertz CT molecular complexity index is 533. The van der Waals surface area contributed by atoms with Crippen LogP contribution in [0.1, 0.15) is 12.8 Å². The fourth-order valence-electron chi connectivity index (χ4n) is 2.47. The maximum atomic E-state index is 11.8. The maximum Gasteiger partial charge on any atom is 0.512 e. The molecule has 3 atom stereocenters. The molecule has 0 bridgehead atoms. The number of esters is 1. The number of thioether (sulfide) groups is 1. The molecule has 3 aliphatic rings. The van der Waals surface area contributed by atoms with E-state index in [0.717, 1.165) is 0 Å². The van der Waals surface area contributed by atoms with Gasteiger partial charge in [-0.1, -0.05) is 0 Å². The first-order chi connectivity index (χ1) is 9.49. The summed E-state index contributed by atoms with van der Waals surface area (Å²) >= 11 is 1.41. The van der Waals surface area contributed by atoms with Crippen LogP contribution in [0.25, 0.3) is 0 Å². The van der Waals surface area contributed by atoms with Crippen LogP contribution < -0.4 is 5.73 Å². The van der Waals surface area contributed by atoms with E-state index in [9.17, 15) is 14.4 Å². The molecule has 0 aromatic rings. The zero-order valence-electron chi connectivity index (χ0n) is 10.3. The molecule has 0 aromatic heterocycles. The van der Waals surface area contributed by atoms with Gasteiger partial charge < -0.3 is 20.3 Å². The van der Waals surface area contributed by atoms with Crippen molar-refractivity contribution in [3.05, 3.63) is 11.5 Å². The fourth-order valence-corrected chi connectivity index (χ4v) is 3.80. The monoisotopic (exact) mass is 300 g/mol. The van der Waals surface area contributed by atoms with E-state index in [1.165, 1.54) is 16.7 Å². The van der Waals surface area contributed by atoms with E-state index in [0.29, 0.717) is 17.7 Å². The Labute approximate surface area is 117 Å². The number of amides is 1. The number of carbonyl (C=O) groups is 3. The van der Waals surface area contributed by atoms with E-state index >= 15 is 0 Å². The summed E-state index contributed by atoms with van der Waals surface area (Å²) in [5.74, 6) is -0.355. The number of fused-ring (bicyclic) bond motifs is 1. The molecule has 2 fully saturated rings. The second kappa shape index (κ2) is 4.67. The van der Waals surface area contributed by atoms with Gasteiger partial charge in [-0.25, -0.2) is 4.79 Å². The average Bonchev–Trinajstić information content (AvgIpc) is 2.83. The number of cyclic esters (lactones) is 1. The molecule has 108 valence electrons. The average molecular weight is 300 g/mol. The molecular formula is C11H12N2O6S. The standard InChI is InChI=1S/C11H12N2O6S/c12-7-8(15)13-9(19-11(16)17)4(3-20-10(7)13)5-1-2-6(14)18-5/h5,7,10H,1-3,12H2,(H,16,17)/t5-,7+,10+/m0/s1. The highest BCUT2D eigenvalue weighted by atomic mass is 32.2. The number of rotatable bonds is 2. The summed E-state index contributed by atoms with van der Waals surface area (Å²) in [5.41, 5.74) is 6.18. The second-order valence-electron chi connectivity index (χ2n) is 4.65. The molecular weight excluding hydrogens is 288 g/mol. The molecule has 0 spiro atoms. The van der Waals surface area contributed by atoms with Crippen LogP contribution in [0.5, 0.6) is 0 Å². The van der Waals surface area contributed by atoms with Gasteiger partial charge in [-0.3, -0.25) is 14.5 Å². The number of hydrogen-bond donors (Lipinski definition) is 2. The van der Waals surface area contributed by atoms with Crippen LogP contribution in [0.15, 0.2) is 11.5 Å². The summed E-state index contributed by atoms with van der Waals surface area (Å²) < 4.78 is 9.88. The Balaban J connectivity index is 1.93. The molecule has 0 aromatic carbocycles. The van der Waals surface area contributed by atoms with Crippen LogP contribution in [0.4, 0.5) is 4.79 Å². The lowest BCUT2D eigenvalue weighted by Crippen LogP contribution is -2.68. The quantitative estimate of drug-likeness (QED) is 0.533. The first-order valence-electron chi connectivity index (χ1n) is 6.02. The van der Waals surface area contributed by atoms with Crippen LogP contribution in [0, 0.1) is 0 Å². The van der Waals surface area contributed by atoms with E-state index in [2.05, 4.69) is 0 Å². The Morgan fingerprint density at radius 2 is 2.25 bits per heavy atom. The van der Waals surface area contributed by atoms with Crippen LogP contribution in [0.2, 0.25) is 0 Å². The van der Waals surface area contributed by atoms with Gasteiger partial charge in [0, 0.05) is 17.7 Å². The fraction of sp³-hybridized carbons (Fsp3) is 0.545. The highest BCUT2D eigenvalue weighted by molar-refractivity contribution is 8.00. The smallest absolute Gasteiger partial charge is 0.458 e. The Kier molecular flexibility index (Phi) is 3.09. The van der Waals surface area contributed by atoms with Crippen molar-refractivity contribution < 1.29 is 29.0 Å². The molecule has 9 heteroatoms. The summed E-state index contributed by atoms with van der Waals surface area (Å²) in [6, 6.07) is -0.653. The van der Waals surface area contributed by atoms with E-state index in [4.69, 9.17) is 20.3 Å². The van der Waals surface area contributed by atoms with Crippen molar-refractivity contribution in [2.45, 2.75) is 30.4 Å². The van der Waals surface area contributed by atoms with Crippen molar-refractivity contribution >= 4 is 29.8 Å². The lowest BCUT2D eigenvalue weighted by molar-refractivity contribution is -0.144. The van der Waals surface area contributed by atoms with Crippen molar-refractivity contribution in [2.75, 3.05) is 5.75 Å². The SMILES string of the molecule is N[C@@H]1C(=O)N2C(OC(=O)O)=C([C@@H]3CCC(=O)O3)CS[C@H]12. The molecule has 8 nitrogen and oxygen atoms in total. The number of β-lactam (4-membered cyclic amide) rings is 1. The van der Waals surface area contributed by atoms with Crippen molar-refractivity contribution in [3.63, 3.8) is 0 Å². The lowest BCUT2D eigenvalue weighted by Gasteiger charge is -2.48. The summed E-state index contributed by atoms with van der Waals surface area (Å²) in [4.78, 5) is 35.0. The minimum absolute atomic E-state index is 0.0485. The van der Waals surface area contributed by atoms with Gasteiger partial charge >= 0.3 is 12.1 Å². The van der Waals surface area contributed by atoms with E-state index in [1.807, 2.05) is 0 Å². The summed E-state index contributed by atoms with van der Waals surface area (Å²) in [6.45, 7) is 0. The number of hydrogen-bond acceptors (Lipinski definition) is 7. The van der Waals surface area contributed by atoms with Gasteiger partial charge in [0.05, 0.1) is 0 Å². The van der Waals surface area contributed by atoms with Crippen LogP contribution >= 0.6 is 11.8 Å². The number of nitrogens with two attached hydrogens (primary N) is 1. The number of nitrogens with zero attached hydrogens (tertiary/aromatic N) is 1. The zero-order valence-corrected chi connectivity index (χ0v) is 11.1. The van der Waals surface area contributed by atoms with Gasteiger partial charge in [-0.15, -0.1) is 11.8 Å². The van der Waals surface area contributed by atoms with E-state index in [-0.39, 0.29) is 29.6 Å². The molecule has 0 aliphatic carbocycles. The number of ether oxygens (including phenoxy) is 2. The molecule has 3 N–H and O–H groups in total. The summed E-state index contributed by atoms with van der Waals surface area (Å²) in [5, 5.41) is 8.50. The van der Waals surface area contributed by atoms with Gasteiger partial charge in [0.1, 0.15) is 17.5 Å². The Morgan fingerprint density at radius 1 is 1.50 bits per heavy atom. The predicted octanol–water partition coefficient (Wildman–Crippen LogP) is -0.159. The van der Waals surface area contributed by atoms with Crippen molar-refractivity contribution in [2.24, 2.45) is 5.73 Å². The van der Waals surface area contributed by atoms with E-state index in [1.54, 1.807) is 0 Å². The van der Waals surface area contributed by atoms with Gasteiger partial charge in [0.2, 0.25) is 11.8 Å². The molecule has 3 rings (SSSR count). The minimum Gasteiger partial charge on any atom is -0.458 e. The van der Waals surface area contributed by atoms with Gasteiger partial charge in [0.15, 0.2) is 0 Å². The summed E-state index contributed by atoms with van der Waals surface area (Å²) in [7, 11) is 0. The maximum absolute atomic E-state index is 11.8. The van der Waals surface area contributed by atoms with E-state index < -0.39 is 18.3 Å². The van der Waals surface area contributed by atoms with Crippen molar-refractivity contribution in [1.29, 1.82) is 0 Å². The zero-order chi connectivity index (χ0) is 14.4. The van der Waals surface area contributed by atoms with Gasteiger partial charge in [-0.2, -0.15) is 0 Å². The lowest BCUT2D eigenvalue weighted by atomic mass is 10.0. The second-order valence-corrected chi connectivity index (χ2v) is 5.76. The van der Waals surface area contributed by atoms with Crippen molar-refractivity contribution in [3.8, 4) is 0 Å². The van der Waals surface area contributed by atoms with Crippen LogP contribution in [-0.2, 0) is 19.1 Å². The van der Waals surface area contributed by atoms with Crippen molar-refractivity contribution in [1.82, 2.24) is 4.90 Å². The highest BCUT2D eigenvalue weighted by Gasteiger charge is 2.53. The molecule has 3 heterocycles. The first kappa shape index (κ1) is 13.3. The minimum atomic E-state index is -1.51. The first-order valence-corrected chi connectivity index (χ1v) is 7.07. The third-order valence-electron chi connectivity index (χ3n) is 3.44. The number of carbonyl (C=O) groups excluding carboxylic acids is 2. The Hall–Kier alpha value is -1.74. The topological polar surface area (TPSA) is 119 Å². The molecule has 0 unspecified atom stereocenters. The molecule has 0 saturated carbocycles. The predicted molar refractivity (Wildman–Crippen MR) is 66.3 cm³/mol. The highest BCUT2D eigenvalue weighted by Crippen LogP contribution is 2.42. The van der Waals surface area contributed by atoms with Crippen LogP contribution in [-0.4, -0.2) is 51.3 Å². The molecule has 20 heavy (non-hydrogen) atoms.